The van der Waals surface area contributed by atoms with Gasteiger partial charge in [-0.15, -0.1) is 0 Å². The van der Waals surface area contributed by atoms with E-state index in [4.69, 9.17) is 23.2 Å². The van der Waals surface area contributed by atoms with E-state index < -0.39 is 21.7 Å². The third kappa shape index (κ3) is 3.19. The molecule has 2 aromatic rings. The zero-order chi connectivity index (χ0) is 16.5. The lowest BCUT2D eigenvalue weighted by Gasteiger charge is -2.24. The van der Waals surface area contributed by atoms with E-state index in [-0.39, 0.29) is 27.2 Å². The van der Waals surface area contributed by atoms with Crippen molar-refractivity contribution in [1.29, 1.82) is 0 Å². The van der Waals surface area contributed by atoms with E-state index in [0.29, 0.717) is 6.07 Å². The van der Waals surface area contributed by atoms with E-state index >= 15 is 0 Å². The molecule has 0 heterocycles. The minimum Gasteiger partial charge on any atom is -0.264 e. The summed E-state index contributed by atoms with van der Waals surface area (Å²) in [5.74, 6) is -1.78. The molecule has 0 radical (unpaired) electrons. The third-order valence-corrected chi connectivity index (χ3v) is 5.53. The molecule has 8 heteroatoms. The van der Waals surface area contributed by atoms with Crippen LogP contribution in [0.4, 0.5) is 14.5 Å². The lowest BCUT2D eigenvalue weighted by Crippen LogP contribution is -2.31. The Morgan fingerprint density at radius 2 is 1.77 bits per heavy atom. The Kier molecular flexibility index (Phi) is 4.94. The summed E-state index contributed by atoms with van der Waals surface area (Å²) in [5, 5.41) is 0.143. The zero-order valence-electron chi connectivity index (χ0n) is 11.4. The molecule has 2 aromatic carbocycles. The van der Waals surface area contributed by atoms with Crippen LogP contribution in [0.2, 0.25) is 10.0 Å². The van der Waals surface area contributed by atoms with Crippen molar-refractivity contribution in [2.24, 2.45) is 0 Å². The van der Waals surface area contributed by atoms with Gasteiger partial charge in [0.2, 0.25) is 0 Å². The smallest absolute Gasteiger partial charge is 0.264 e. The largest absolute Gasteiger partial charge is 0.265 e. The maximum Gasteiger partial charge on any atom is 0.265 e. The van der Waals surface area contributed by atoms with Crippen LogP contribution in [0.1, 0.15) is 6.92 Å². The number of anilines is 1. The van der Waals surface area contributed by atoms with Crippen LogP contribution in [0.15, 0.2) is 41.3 Å². The van der Waals surface area contributed by atoms with Crippen molar-refractivity contribution in [3.05, 3.63) is 58.1 Å². The van der Waals surface area contributed by atoms with Crippen LogP contribution in [0, 0.1) is 11.6 Å². The molecule has 2 rings (SSSR count). The molecule has 118 valence electrons. The summed E-state index contributed by atoms with van der Waals surface area (Å²) in [6, 6.07) is 6.63. The first kappa shape index (κ1) is 17.0. The van der Waals surface area contributed by atoms with E-state index in [9.17, 15) is 17.2 Å². The molecule has 0 aliphatic heterocycles. The molecule has 3 nitrogen and oxygen atoms in total. The van der Waals surface area contributed by atoms with Gasteiger partial charge in [-0.25, -0.2) is 17.2 Å². The predicted molar refractivity (Wildman–Crippen MR) is 83.0 cm³/mol. The summed E-state index contributed by atoms with van der Waals surface area (Å²) in [5.41, 5.74) is -0.264. The van der Waals surface area contributed by atoms with E-state index in [1.54, 1.807) is 0 Å². The maximum atomic E-state index is 13.9. The quantitative estimate of drug-likeness (QED) is 0.800. The van der Waals surface area contributed by atoms with Crippen LogP contribution in [-0.4, -0.2) is 15.0 Å². The van der Waals surface area contributed by atoms with Gasteiger partial charge >= 0.3 is 0 Å². The van der Waals surface area contributed by atoms with E-state index in [0.717, 1.165) is 16.4 Å². The topological polar surface area (TPSA) is 37.4 Å². The van der Waals surface area contributed by atoms with Gasteiger partial charge in [0.05, 0.1) is 10.7 Å². The number of benzene rings is 2. The summed E-state index contributed by atoms with van der Waals surface area (Å²) in [6.07, 6.45) is 0. The highest BCUT2D eigenvalue weighted by Crippen LogP contribution is 2.31. The summed E-state index contributed by atoms with van der Waals surface area (Å²) < 4.78 is 53.1. The Labute approximate surface area is 137 Å². The van der Waals surface area contributed by atoms with Crippen molar-refractivity contribution in [1.82, 2.24) is 0 Å². The van der Waals surface area contributed by atoms with Gasteiger partial charge in [-0.05, 0) is 37.3 Å². The first-order chi connectivity index (χ1) is 10.3. The molecule has 0 atom stereocenters. The Balaban J connectivity index is 2.61. The molecule has 0 unspecified atom stereocenters. The Hall–Kier alpha value is -1.37. The van der Waals surface area contributed by atoms with Crippen LogP contribution >= 0.6 is 23.2 Å². The van der Waals surface area contributed by atoms with Gasteiger partial charge in [0.25, 0.3) is 10.0 Å². The van der Waals surface area contributed by atoms with E-state index in [2.05, 4.69) is 0 Å². The molecular weight excluding hydrogens is 355 g/mol. The summed E-state index contributed by atoms with van der Waals surface area (Å²) in [6.45, 7) is 1.46. The highest BCUT2D eigenvalue weighted by molar-refractivity contribution is 7.93. The molecule has 0 spiro atoms. The van der Waals surface area contributed by atoms with Crippen LogP contribution in [0.25, 0.3) is 0 Å². The van der Waals surface area contributed by atoms with Crippen LogP contribution in [0.5, 0.6) is 0 Å². The van der Waals surface area contributed by atoms with Crippen molar-refractivity contribution >= 4 is 38.9 Å². The van der Waals surface area contributed by atoms with Gasteiger partial charge < -0.3 is 0 Å². The molecule has 0 bridgehead atoms. The zero-order valence-corrected chi connectivity index (χ0v) is 13.7. The minimum absolute atomic E-state index is 0.0367. The molecule has 0 aliphatic rings. The monoisotopic (exact) mass is 365 g/mol. The van der Waals surface area contributed by atoms with Crippen LogP contribution in [0.3, 0.4) is 0 Å². The molecule has 0 N–H and O–H groups in total. The number of nitrogens with zero attached hydrogens (tertiary/aromatic N) is 1. The van der Waals surface area contributed by atoms with Gasteiger partial charge in [-0.2, -0.15) is 0 Å². The maximum absolute atomic E-state index is 13.9. The Bertz CT molecular complexity index is 812. The first-order valence-electron chi connectivity index (χ1n) is 6.20. The second kappa shape index (κ2) is 6.40. The number of rotatable bonds is 4. The number of hydrogen-bond donors (Lipinski definition) is 0. The minimum atomic E-state index is -4.14. The highest BCUT2D eigenvalue weighted by Gasteiger charge is 2.28. The second-order valence-electron chi connectivity index (χ2n) is 4.34. The Morgan fingerprint density at radius 3 is 2.36 bits per heavy atom. The Morgan fingerprint density at radius 1 is 1.09 bits per heavy atom. The average Bonchev–Trinajstić information content (AvgIpc) is 2.44. The van der Waals surface area contributed by atoms with Gasteiger partial charge in [-0.3, -0.25) is 4.31 Å². The number of sulfonamides is 1. The predicted octanol–water partition coefficient (Wildman–Crippen LogP) is 4.49. The van der Waals surface area contributed by atoms with Crippen molar-refractivity contribution in [3.8, 4) is 0 Å². The number of halogens is 4. The fourth-order valence-electron chi connectivity index (χ4n) is 1.95. The van der Waals surface area contributed by atoms with Crippen LogP contribution in [-0.2, 0) is 10.0 Å². The molecule has 0 aliphatic carbocycles. The molecule has 22 heavy (non-hydrogen) atoms. The second-order valence-corrected chi connectivity index (χ2v) is 7.01. The molecule has 0 amide bonds. The third-order valence-electron chi connectivity index (χ3n) is 2.93. The van der Waals surface area contributed by atoms with Crippen molar-refractivity contribution in [2.45, 2.75) is 11.8 Å². The van der Waals surface area contributed by atoms with Crippen molar-refractivity contribution in [3.63, 3.8) is 0 Å². The van der Waals surface area contributed by atoms with Gasteiger partial charge in [0.15, 0.2) is 0 Å². The fourth-order valence-corrected chi connectivity index (χ4v) is 4.17. The summed E-state index contributed by atoms with van der Waals surface area (Å²) >= 11 is 11.7. The highest BCUT2D eigenvalue weighted by atomic mass is 35.5. The summed E-state index contributed by atoms with van der Waals surface area (Å²) in [4.78, 5) is -0.243. The lowest BCUT2D eigenvalue weighted by molar-refractivity contribution is 0.574. The summed E-state index contributed by atoms with van der Waals surface area (Å²) in [7, 11) is -4.14. The first-order valence-corrected chi connectivity index (χ1v) is 8.39. The fraction of sp³-hybridized carbons (Fsp3) is 0.143. The number of hydrogen-bond acceptors (Lipinski definition) is 2. The lowest BCUT2D eigenvalue weighted by atomic mass is 10.3. The standard InChI is InChI=1S/C14H11Cl2F2NO2S/c1-2-19(13-6-4-10(17)8-12(13)18)22(20,21)14-7-9(15)3-5-11(14)16/h3-8H,2H2,1H3. The van der Waals surface area contributed by atoms with Crippen molar-refractivity contribution < 1.29 is 17.2 Å². The van der Waals surface area contributed by atoms with E-state index in [1.165, 1.54) is 25.1 Å². The molecule has 0 saturated heterocycles. The SMILES string of the molecule is CCN(c1ccc(F)cc1F)S(=O)(=O)c1cc(Cl)ccc1Cl. The molecule has 0 aromatic heterocycles. The average molecular weight is 366 g/mol. The van der Waals surface area contributed by atoms with Gasteiger partial charge in [0.1, 0.15) is 16.5 Å². The normalized spacial score (nSPS) is 11.5. The van der Waals surface area contributed by atoms with Gasteiger partial charge in [0, 0.05) is 17.6 Å². The van der Waals surface area contributed by atoms with Gasteiger partial charge in [-0.1, -0.05) is 23.2 Å². The molecule has 0 saturated carbocycles. The van der Waals surface area contributed by atoms with Crippen LogP contribution < -0.4 is 4.31 Å². The van der Waals surface area contributed by atoms with E-state index in [1.807, 2.05) is 0 Å². The molecule has 0 fully saturated rings. The van der Waals surface area contributed by atoms with Crippen molar-refractivity contribution in [2.75, 3.05) is 10.8 Å². The molecular formula is C14H11Cl2F2NO2S.